The molecule has 1 aliphatic carbocycles. The Morgan fingerprint density at radius 3 is 1.77 bits per heavy atom. The highest BCUT2D eigenvalue weighted by atomic mass is 16.3. The summed E-state index contributed by atoms with van der Waals surface area (Å²) in [6, 6.07) is 79.7. The molecular formula is C61H42N2O. The number of hydrogen-bond acceptors (Lipinski definition) is 2. The van der Waals surface area contributed by atoms with Crippen LogP contribution in [0.5, 0.6) is 0 Å². The summed E-state index contributed by atoms with van der Waals surface area (Å²) in [6.07, 6.45) is 0. The Morgan fingerprint density at radius 2 is 0.984 bits per heavy atom. The van der Waals surface area contributed by atoms with Crippen molar-refractivity contribution in [2.45, 2.75) is 19.3 Å². The van der Waals surface area contributed by atoms with Gasteiger partial charge in [-0.05, 0) is 116 Å². The number of benzene rings is 10. The molecule has 0 radical (unpaired) electrons. The fourth-order valence-electron chi connectivity index (χ4n) is 10.9. The van der Waals surface area contributed by atoms with Crippen molar-refractivity contribution in [2.75, 3.05) is 4.90 Å². The summed E-state index contributed by atoms with van der Waals surface area (Å²) >= 11 is 0. The monoisotopic (exact) mass is 818 g/mol. The van der Waals surface area contributed by atoms with Crippen molar-refractivity contribution in [3.8, 4) is 39.1 Å². The van der Waals surface area contributed by atoms with Crippen LogP contribution >= 0.6 is 0 Å². The van der Waals surface area contributed by atoms with Crippen molar-refractivity contribution < 1.29 is 4.42 Å². The third-order valence-electron chi connectivity index (χ3n) is 13.8. The summed E-state index contributed by atoms with van der Waals surface area (Å²) in [4.78, 5) is 2.46. The zero-order valence-corrected chi connectivity index (χ0v) is 35.6. The third kappa shape index (κ3) is 5.41. The van der Waals surface area contributed by atoms with E-state index in [0.717, 1.165) is 55.8 Å². The molecule has 0 spiro atoms. The number of aromatic nitrogens is 1. The minimum Gasteiger partial charge on any atom is -0.456 e. The van der Waals surface area contributed by atoms with Crippen molar-refractivity contribution in [3.63, 3.8) is 0 Å². The first kappa shape index (κ1) is 36.5. The number of para-hydroxylation sites is 5. The summed E-state index contributed by atoms with van der Waals surface area (Å²) in [5.74, 6) is 0. The molecule has 0 fully saturated rings. The van der Waals surface area contributed by atoms with Crippen LogP contribution < -0.4 is 4.90 Å². The lowest BCUT2D eigenvalue weighted by molar-refractivity contribution is 0.662. The Labute approximate surface area is 371 Å². The summed E-state index contributed by atoms with van der Waals surface area (Å²) < 4.78 is 8.92. The van der Waals surface area contributed by atoms with E-state index in [9.17, 15) is 0 Å². The van der Waals surface area contributed by atoms with Crippen LogP contribution in [0.1, 0.15) is 25.0 Å². The lowest BCUT2D eigenvalue weighted by Crippen LogP contribution is -2.16. The molecule has 0 saturated heterocycles. The summed E-state index contributed by atoms with van der Waals surface area (Å²) in [5.41, 5.74) is 18.5. The van der Waals surface area contributed by atoms with Gasteiger partial charge in [0.05, 0.1) is 28.1 Å². The maximum absolute atomic E-state index is 6.49. The first-order valence-electron chi connectivity index (χ1n) is 22.2. The Hall–Kier alpha value is -8.14. The number of fused-ring (bicyclic) bond motifs is 10. The van der Waals surface area contributed by atoms with Gasteiger partial charge in [-0.1, -0.05) is 166 Å². The molecular weight excluding hydrogens is 777 g/mol. The predicted octanol–water partition coefficient (Wildman–Crippen LogP) is 16.9. The predicted molar refractivity (Wildman–Crippen MR) is 269 cm³/mol. The SMILES string of the molecule is CC1(C)c2ccccc2-c2cccc(-c3ccc(N(c4ccccc4-c4ccc5oc6cc7ccccc7cc6c5c4)c4ccccc4-n4c5ccccc5c5ccccc54)cc3)c21. The van der Waals surface area contributed by atoms with Gasteiger partial charge < -0.3 is 13.9 Å². The van der Waals surface area contributed by atoms with E-state index in [2.05, 4.69) is 242 Å². The number of nitrogens with zero attached hydrogens (tertiary/aromatic N) is 2. The van der Waals surface area contributed by atoms with E-state index in [0.29, 0.717) is 0 Å². The van der Waals surface area contributed by atoms with E-state index >= 15 is 0 Å². The van der Waals surface area contributed by atoms with E-state index in [1.54, 1.807) is 0 Å². The van der Waals surface area contributed by atoms with Crippen LogP contribution in [-0.2, 0) is 5.41 Å². The van der Waals surface area contributed by atoms with Gasteiger partial charge in [0.1, 0.15) is 11.2 Å². The highest BCUT2D eigenvalue weighted by Crippen LogP contribution is 2.53. The number of furan rings is 1. The lowest BCUT2D eigenvalue weighted by atomic mass is 9.79. The number of hydrogen-bond donors (Lipinski definition) is 0. The van der Waals surface area contributed by atoms with Gasteiger partial charge in [0.15, 0.2) is 0 Å². The lowest BCUT2D eigenvalue weighted by Gasteiger charge is -2.30. The van der Waals surface area contributed by atoms with Gasteiger partial charge in [-0.15, -0.1) is 0 Å². The average molecular weight is 819 g/mol. The molecule has 0 N–H and O–H groups in total. The van der Waals surface area contributed by atoms with E-state index in [4.69, 9.17) is 4.42 Å². The highest BCUT2D eigenvalue weighted by Gasteiger charge is 2.37. The Balaban J connectivity index is 1.02. The minimum absolute atomic E-state index is 0.123. The highest BCUT2D eigenvalue weighted by molar-refractivity contribution is 6.12. The molecule has 12 aromatic rings. The second-order valence-corrected chi connectivity index (χ2v) is 17.7. The quantitative estimate of drug-likeness (QED) is 0.167. The molecule has 302 valence electrons. The van der Waals surface area contributed by atoms with Crippen molar-refractivity contribution in [2.24, 2.45) is 0 Å². The molecule has 0 bridgehead atoms. The van der Waals surface area contributed by atoms with E-state index in [-0.39, 0.29) is 5.41 Å². The Morgan fingerprint density at radius 1 is 0.406 bits per heavy atom. The smallest absolute Gasteiger partial charge is 0.136 e. The zero-order valence-electron chi connectivity index (χ0n) is 35.6. The van der Waals surface area contributed by atoms with Gasteiger partial charge in [0.25, 0.3) is 0 Å². The van der Waals surface area contributed by atoms with E-state index in [1.807, 2.05) is 0 Å². The minimum atomic E-state index is -0.123. The van der Waals surface area contributed by atoms with Gasteiger partial charge >= 0.3 is 0 Å². The third-order valence-corrected chi connectivity index (χ3v) is 13.8. The molecule has 64 heavy (non-hydrogen) atoms. The van der Waals surface area contributed by atoms with Crippen LogP contribution in [-0.4, -0.2) is 4.57 Å². The van der Waals surface area contributed by atoms with Crippen molar-refractivity contribution in [1.82, 2.24) is 4.57 Å². The molecule has 0 saturated carbocycles. The summed E-state index contributed by atoms with van der Waals surface area (Å²) in [7, 11) is 0. The van der Waals surface area contributed by atoms with Crippen LogP contribution in [0.25, 0.3) is 93.6 Å². The van der Waals surface area contributed by atoms with Gasteiger partial charge in [0, 0.05) is 38.2 Å². The molecule has 10 aromatic carbocycles. The number of anilines is 3. The van der Waals surface area contributed by atoms with Gasteiger partial charge in [-0.2, -0.15) is 0 Å². The van der Waals surface area contributed by atoms with E-state index in [1.165, 1.54) is 66.0 Å². The second kappa shape index (κ2) is 13.9. The van der Waals surface area contributed by atoms with E-state index < -0.39 is 0 Å². The van der Waals surface area contributed by atoms with Crippen LogP contribution in [0.4, 0.5) is 17.1 Å². The maximum atomic E-state index is 6.49. The fourth-order valence-corrected chi connectivity index (χ4v) is 10.9. The topological polar surface area (TPSA) is 21.3 Å². The molecule has 0 unspecified atom stereocenters. The Bertz CT molecular complexity index is 3770. The van der Waals surface area contributed by atoms with Gasteiger partial charge in [-0.25, -0.2) is 0 Å². The molecule has 3 nitrogen and oxygen atoms in total. The summed E-state index contributed by atoms with van der Waals surface area (Å²) in [5, 5.41) is 7.07. The molecule has 13 rings (SSSR count). The fraction of sp³-hybridized carbons (Fsp3) is 0.0492. The largest absolute Gasteiger partial charge is 0.456 e. The molecule has 3 heteroatoms. The molecule has 0 aliphatic heterocycles. The first-order chi connectivity index (χ1) is 31.5. The molecule has 2 heterocycles. The maximum Gasteiger partial charge on any atom is 0.136 e. The molecule has 0 amide bonds. The number of rotatable bonds is 6. The van der Waals surface area contributed by atoms with Crippen LogP contribution in [0.3, 0.4) is 0 Å². The van der Waals surface area contributed by atoms with Crippen molar-refractivity contribution in [1.29, 1.82) is 0 Å². The Kier molecular flexibility index (Phi) is 7.95. The average Bonchev–Trinajstić information content (AvgIpc) is 3.96. The van der Waals surface area contributed by atoms with Crippen molar-refractivity contribution >= 4 is 71.6 Å². The normalized spacial score (nSPS) is 13.0. The van der Waals surface area contributed by atoms with Crippen LogP contribution in [0.15, 0.2) is 223 Å². The molecule has 2 aromatic heterocycles. The van der Waals surface area contributed by atoms with Gasteiger partial charge in [-0.3, -0.25) is 0 Å². The second-order valence-electron chi connectivity index (χ2n) is 17.7. The molecule has 0 atom stereocenters. The van der Waals surface area contributed by atoms with Crippen molar-refractivity contribution in [3.05, 3.63) is 230 Å². The van der Waals surface area contributed by atoms with Gasteiger partial charge in [0.2, 0.25) is 0 Å². The van der Waals surface area contributed by atoms with Crippen LogP contribution in [0, 0.1) is 0 Å². The van der Waals surface area contributed by atoms with Crippen LogP contribution in [0.2, 0.25) is 0 Å². The summed E-state index contributed by atoms with van der Waals surface area (Å²) in [6.45, 7) is 4.73. The standard InChI is InChI=1S/C61H42N2O/c1-61(2)52-24-9-5-19-46(52)49-23-15-22-45(60(49)61)39-30-33-43(34-31-39)62(56-28-13-14-29-57(56)63-54-26-11-7-20-47(54)48-21-8-12-27-55(48)63)53-25-10-6-18-44(53)42-32-35-58-50(37-42)51-36-40-16-3-4-17-41(40)38-59(51)64-58/h3-38H,1-2H3. The molecule has 1 aliphatic rings. The zero-order chi connectivity index (χ0) is 42.5. The first-order valence-corrected chi connectivity index (χ1v) is 22.2.